The summed E-state index contributed by atoms with van der Waals surface area (Å²) in [5.41, 5.74) is 5.12. The zero-order valence-electron chi connectivity index (χ0n) is 7.59. The molecular weight excluding hydrogens is 227 g/mol. The Hall–Kier alpha value is -1.24. The number of nitro groups is 1. The average Bonchev–Trinajstić information content (AvgIpc) is 2.16. The molecule has 0 heterocycles. The van der Waals surface area contributed by atoms with E-state index in [1.54, 1.807) is 0 Å². The van der Waals surface area contributed by atoms with Gasteiger partial charge in [-0.2, -0.15) is 0 Å². The fraction of sp³-hybridized carbons (Fsp3) is 0.250. The number of nitrogens with two attached hydrogens (primary N) is 1. The van der Waals surface area contributed by atoms with Crippen molar-refractivity contribution in [3.8, 4) is 0 Å². The summed E-state index contributed by atoms with van der Waals surface area (Å²) in [6.07, 6.45) is 0. The van der Waals surface area contributed by atoms with Gasteiger partial charge >= 0.3 is 0 Å². The number of aliphatic hydroxyl groups is 1. The summed E-state index contributed by atoms with van der Waals surface area (Å²) in [6, 6.07) is 2.19. The van der Waals surface area contributed by atoms with Gasteiger partial charge in [0.15, 0.2) is 0 Å². The van der Waals surface area contributed by atoms with Crippen molar-refractivity contribution in [2.45, 2.75) is 6.04 Å². The lowest BCUT2D eigenvalue weighted by molar-refractivity contribution is -0.386. The van der Waals surface area contributed by atoms with Crippen LogP contribution in [0, 0.1) is 15.9 Å². The minimum Gasteiger partial charge on any atom is -0.394 e. The molecule has 0 aliphatic rings. The van der Waals surface area contributed by atoms with Gasteiger partial charge < -0.3 is 10.8 Å². The Labute approximate surface area is 91.3 Å². The summed E-state index contributed by atoms with van der Waals surface area (Å²) in [4.78, 5) is 9.77. The maximum atomic E-state index is 12.7. The average molecular weight is 237 g/mol. The van der Waals surface area contributed by atoms with Crippen molar-refractivity contribution in [3.05, 3.63) is 39.7 Å². The second kappa shape index (κ2) is 5.59. The zero-order chi connectivity index (χ0) is 10.7. The molecule has 0 saturated heterocycles. The highest BCUT2D eigenvalue weighted by Crippen LogP contribution is 2.24. The van der Waals surface area contributed by atoms with Gasteiger partial charge in [-0.05, 0) is 12.1 Å². The van der Waals surface area contributed by atoms with Crippen molar-refractivity contribution < 1.29 is 14.4 Å². The highest BCUT2D eigenvalue weighted by molar-refractivity contribution is 5.85. The maximum absolute atomic E-state index is 12.7. The van der Waals surface area contributed by atoms with Gasteiger partial charge in [0, 0.05) is 5.56 Å². The molecule has 0 fully saturated rings. The Bertz CT molecular complexity index is 362. The van der Waals surface area contributed by atoms with E-state index in [9.17, 15) is 14.5 Å². The molecule has 7 heteroatoms. The van der Waals surface area contributed by atoms with Crippen LogP contribution in [0.2, 0.25) is 0 Å². The number of halogens is 2. The zero-order valence-corrected chi connectivity index (χ0v) is 8.41. The van der Waals surface area contributed by atoms with Crippen molar-refractivity contribution >= 4 is 18.1 Å². The molecule has 0 saturated carbocycles. The van der Waals surface area contributed by atoms with Crippen molar-refractivity contribution in [1.29, 1.82) is 0 Å². The summed E-state index contributed by atoms with van der Waals surface area (Å²) in [5, 5.41) is 19.2. The van der Waals surface area contributed by atoms with Crippen LogP contribution in [0.15, 0.2) is 18.2 Å². The van der Waals surface area contributed by atoms with Crippen molar-refractivity contribution in [3.63, 3.8) is 0 Å². The Morgan fingerprint density at radius 1 is 1.60 bits per heavy atom. The molecule has 0 bridgehead atoms. The van der Waals surface area contributed by atoms with E-state index in [0.717, 1.165) is 12.1 Å². The Kier molecular flexibility index (Phi) is 5.13. The monoisotopic (exact) mass is 236 g/mol. The quantitative estimate of drug-likeness (QED) is 0.609. The van der Waals surface area contributed by atoms with Gasteiger partial charge in [-0.3, -0.25) is 10.1 Å². The molecule has 3 N–H and O–H groups in total. The molecule has 1 aromatic carbocycles. The molecule has 1 aromatic rings. The van der Waals surface area contributed by atoms with E-state index in [1.807, 2.05) is 0 Å². The number of nitrogens with zero attached hydrogens (tertiary/aromatic N) is 1. The van der Waals surface area contributed by atoms with E-state index in [4.69, 9.17) is 10.8 Å². The molecular formula is C8H10ClFN2O3. The van der Waals surface area contributed by atoms with Crippen molar-refractivity contribution in [2.24, 2.45) is 5.73 Å². The van der Waals surface area contributed by atoms with Gasteiger partial charge in [-0.15, -0.1) is 12.4 Å². The van der Waals surface area contributed by atoms with Gasteiger partial charge in [0.2, 0.25) is 0 Å². The van der Waals surface area contributed by atoms with Gasteiger partial charge in [-0.1, -0.05) is 0 Å². The molecule has 0 aromatic heterocycles. The fourth-order valence-electron chi connectivity index (χ4n) is 1.09. The molecule has 0 radical (unpaired) electrons. The number of rotatable bonds is 3. The molecule has 1 atom stereocenters. The SMILES string of the molecule is Cl.N[C@H](CO)c1ccc(F)cc1[N+](=O)[O-]. The fourth-order valence-corrected chi connectivity index (χ4v) is 1.09. The van der Waals surface area contributed by atoms with Crippen LogP contribution in [0.3, 0.4) is 0 Å². The first kappa shape index (κ1) is 13.8. The summed E-state index contributed by atoms with van der Waals surface area (Å²) in [7, 11) is 0. The van der Waals surface area contributed by atoms with Crippen LogP contribution in [0.4, 0.5) is 10.1 Å². The molecule has 0 unspecified atom stereocenters. The van der Waals surface area contributed by atoms with Crippen LogP contribution in [-0.4, -0.2) is 16.6 Å². The van der Waals surface area contributed by atoms with Crippen molar-refractivity contribution in [1.82, 2.24) is 0 Å². The lowest BCUT2D eigenvalue weighted by atomic mass is 10.1. The molecule has 0 aliphatic heterocycles. The van der Waals surface area contributed by atoms with E-state index < -0.39 is 29.1 Å². The van der Waals surface area contributed by atoms with Crippen LogP contribution < -0.4 is 5.73 Å². The Balaban J connectivity index is 0.00000196. The second-order valence-electron chi connectivity index (χ2n) is 2.75. The first-order chi connectivity index (χ1) is 6.56. The van der Waals surface area contributed by atoms with E-state index in [-0.39, 0.29) is 18.0 Å². The third-order valence-corrected chi connectivity index (χ3v) is 1.79. The van der Waals surface area contributed by atoms with Gasteiger partial charge in [0.05, 0.1) is 23.6 Å². The highest BCUT2D eigenvalue weighted by Gasteiger charge is 2.19. The molecule has 0 spiro atoms. The van der Waals surface area contributed by atoms with Crippen molar-refractivity contribution in [2.75, 3.05) is 6.61 Å². The Morgan fingerprint density at radius 3 is 2.67 bits per heavy atom. The molecule has 84 valence electrons. The van der Waals surface area contributed by atoms with Crippen LogP contribution in [0.1, 0.15) is 11.6 Å². The largest absolute Gasteiger partial charge is 0.394 e. The summed E-state index contributed by atoms with van der Waals surface area (Å²) in [6.45, 7) is -0.424. The minimum absolute atomic E-state index is 0. The minimum atomic E-state index is -0.865. The van der Waals surface area contributed by atoms with Crippen LogP contribution >= 0.6 is 12.4 Å². The number of nitro benzene ring substituents is 1. The van der Waals surface area contributed by atoms with Gasteiger partial charge in [0.25, 0.3) is 5.69 Å². The van der Waals surface area contributed by atoms with Crippen LogP contribution in [0.25, 0.3) is 0 Å². The predicted octanol–water partition coefficient (Wildman–Crippen LogP) is 1.15. The maximum Gasteiger partial charge on any atom is 0.277 e. The van der Waals surface area contributed by atoms with Crippen LogP contribution in [0.5, 0.6) is 0 Å². The first-order valence-electron chi connectivity index (χ1n) is 3.86. The molecule has 0 amide bonds. The second-order valence-corrected chi connectivity index (χ2v) is 2.75. The summed E-state index contributed by atoms with van der Waals surface area (Å²) in [5.74, 6) is -0.703. The third kappa shape index (κ3) is 3.12. The first-order valence-corrected chi connectivity index (χ1v) is 3.86. The number of hydrogen-bond donors (Lipinski definition) is 2. The molecule has 0 aliphatic carbocycles. The van der Waals surface area contributed by atoms with E-state index in [0.29, 0.717) is 0 Å². The van der Waals surface area contributed by atoms with Gasteiger partial charge in [0.1, 0.15) is 5.82 Å². The highest BCUT2D eigenvalue weighted by atomic mass is 35.5. The molecule has 5 nitrogen and oxygen atoms in total. The lowest BCUT2D eigenvalue weighted by Crippen LogP contribution is -2.16. The third-order valence-electron chi connectivity index (χ3n) is 1.79. The van der Waals surface area contributed by atoms with Crippen LogP contribution in [-0.2, 0) is 0 Å². The number of benzene rings is 1. The topological polar surface area (TPSA) is 89.4 Å². The summed E-state index contributed by atoms with van der Waals surface area (Å²) < 4.78 is 12.7. The Morgan fingerprint density at radius 2 is 2.20 bits per heavy atom. The van der Waals surface area contributed by atoms with E-state index in [1.165, 1.54) is 6.07 Å². The smallest absolute Gasteiger partial charge is 0.277 e. The van der Waals surface area contributed by atoms with E-state index in [2.05, 4.69) is 0 Å². The molecule has 1 rings (SSSR count). The lowest BCUT2D eigenvalue weighted by Gasteiger charge is -2.08. The number of aliphatic hydroxyl groups excluding tert-OH is 1. The normalized spacial score (nSPS) is 11.7. The summed E-state index contributed by atoms with van der Waals surface area (Å²) >= 11 is 0. The predicted molar refractivity (Wildman–Crippen MR) is 54.3 cm³/mol. The van der Waals surface area contributed by atoms with Gasteiger partial charge in [-0.25, -0.2) is 4.39 Å². The standard InChI is InChI=1S/C8H9FN2O3.ClH/c9-5-1-2-6(7(10)4-12)8(3-5)11(13)14;/h1-3,7,12H,4,10H2;1H/t7-;/m1./s1. The number of hydrogen-bond acceptors (Lipinski definition) is 4. The van der Waals surface area contributed by atoms with E-state index >= 15 is 0 Å². The molecule has 15 heavy (non-hydrogen) atoms.